The molecule has 0 unspecified atom stereocenters. The highest BCUT2D eigenvalue weighted by molar-refractivity contribution is 7.99. The van der Waals surface area contributed by atoms with Crippen LogP contribution in [0.15, 0.2) is 36.4 Å². The van der Waals surface area contributed by atoms with Crippen molar-refractivity contribution in [2.45, 2.75) is 25.6 Å². The fourth-order valence-electron chi connectivity index (χ4n) is 3.13. The number of rotatable bonds is 6. The van der Waals surface area contributed by atoms with E-state index in [2.05, 4.69) is 31.2 Å². The van der Waals surface area contributed by atoms with E-state index in [-0.39, 0.29) is 5.91 Å². The molecule has 1 heterocycles. The SMILES string of the molecule is COc1cc2c(cc1OC)CN(C(=O)CSCc1ccc(C)cc1)CC2. The predicted molar refractivity (Wildman–Crippen MR) is 106 cm³/mol. The molecular weight excluding hydrogens is 346 g/mol. The van der Waals surface area contributed by atoms with Crippen LogP contribution in [0.2, 0.25) is 0 Å². The second-order valence-corrected chi connectivity index (χ2v) is 7.51. The zero-order valence-electron chi connectivity index (χ0n) is 15.6. The molecule has 1 aliphatic rings. The number of nitrogens with zero attached hydrogens (tertiary/aromatic N) is 1. The largest absolute Gasteiger partial charge is 0.493 e. The van der Waals surface area contributed by atoms with Crippen LogP contribution < -0.4 is 9.47 Å². The van der Waals surface area contributed by atoms with Crippen LogP contribution in [0.25, 0.3) is 0 Å². The highest BCUT2D eigenvalue weighted by Gasteiger charge is 2.22. The van der Waals surface area contributed by atoms with Gasteiger partial charge in [0.05, 0.1) is 20.0 Å². The van der Waals surface area contributed by atoms with Gasteiger partial charge >= 0.3 is 0 Å². The van der Waals surface area contributed by atoms with Gasteiger partial charge in [0.25, 0.3) is 0 Å². The number of fused-ring (bicyclic) bond motifs is 1. The first kappa shape index (κ1) is 18.6. The second-order valence-electron chi connectivity index (χ2n) is 6.52. The van der Waals surface area contributed by atoms with Gasteiger partial charge in [0.2, 0.25) is 5.91 Å². The van der Waals surface area contributed by atoms with E-state index in [1.54, 1.807) is 26.0 Å². The molecule has 4 nitrogen and oxygen atoms in total. The summed E-state index contributed by atoms with van der Waals surface area (Å²) in [4.78, 5) is 14.5. The van der Waals surface area contributed by atoms with Gasteiger partial charge in [-0.05, 0) is 42.2 Å². The highest BCUT2D eigenvalue weighted by Crippen LogP contribution is 2.33. The molecule has 1 aliphatic heterocycles. The first-order valence-electron chi connectivity index (χ1n) is 8.75. The molecule has 0 saturated heterocycles. The van der Waals surface area contributed by atoms with E-state index in [0.29, 0.717) is 18.0 Å². The van der Waals surface area contributed by atoms with Gasteiger partial charge in [0.15, 0.2) is 11.5 Å². The van der Waals surface area contributed by atoms with Gasteiger partial charge in [-0.2, -0.15) is 0 Å². The Morgan fingerprint density at radius 2 is 1.73 bits per heavy atom. The third-order valence-electron chi connectivity index (χ3n) is 4.69. The van der Waals surface area contributed by atoms with Gasteiger partial charge in [-0.3, -0.25) is 4.79 Å². The zero-order valence-corrected chi connectivity index (χ0v) is 16.4. The van der Waals surface area contributed by atoms with Crippen LogP contribution in [-0.4, -0.2) is 37.3 Å². The Labute approximate surface area is 159 Å². The van der Waals surface area contributed by atoms with Crippen LogP contribution in [0, 0.1) is 6.92 Å². The highest BCUT2D eigenvalue weighted by atomic mass is 32.2. The van der Waals surface area contributed by atoms with Crippen molar-refractivity contribution in [1.82, 2.24) is 4.90 Å². The number of amides is 1. The summed E-state index contributed by atoms with van der Waals surface area (Å²) in [5.74, 6) is 3.04. The second kappa shape index (κ2) is 8.49. The van der Waals surface area contributed by atoms with Crippen molar-refractivity contribution < 1.29 is 14.3 Å². The Balaban J connectivity index is 1.57. The smallest absolute Gasteiger partial charge is 0.232 e. The molecule has 26 heavy (non-hydrogen) atoms. The van der Waals surface area contributed by atoms with Crippen LogP contribution in [-0.2, 0) is 23.5 Å². The van der Waals surface area contributed by atoms with Crippen molar-refractivity contribution in [3.8, 4) is 11.5 Å². The van der Waals surface area contributed by atoms with Crippen molar-refractivity contribution in [2.75, 3.05) is 26.5 Å². The van der Waals surface area contributed by atoms with E-state index in [9.17, 15) is 4.79 Å². The Kier molecular flexibility index (Phi) is 6.09. The van der Waals surface area contributed by atoms with Crippen molar-refractivity contribution in [3.05, 3.63) is 58.7 Å². The molecule has 0 aliphatic carbocycles. The van der Waals surface area contributed by atoms with Crippen molar-refractivity contribution in [2.24, 2.45) is 0 Å². The fraction of sp³-hybridized carbons (Fsp3) is 0.381. The van der Waals surface area contributed by atoms with Crippen molar-refractivity contribution >= 4 is 17.7 Å². The van der Waals surface area contributed by atoms with Crippen LogP contribution >= 0.6 is 11.8 Å². The molecule has 0 atom stereocenters. The molecule has 0 N–H and O–H groups in total. The lowest BCUT2D eigenvalue weighted by Gasteiger charge is -2.29. The van der Waals surface area contributed by atoms with Gasteiger partial charge in [0, 0.05) is 18.8 Å². The summed E-state index contributed by atoms with van der Waals surface area (Å²) >= 11 is 1.67. The lowest BCUT2D eigenvalue weighted by atomic mass is 9.99. The first-order chi connectivity index (χ1) is 12.6. The molecule has 138 valence electrons. The Bertz CT molecular complexity index is 774. The normalized spacial score (nSPS) is 13.3. The van der Waals surface area contributed by atoms with Crippen molar-refractivity contribution in [3.63, 3.8) is 0 Å². The summed E-state index contributed by atoms with van der Waals surface area (Å²) in [5.41, 5.74) is 4.90. The number of ether oxygens (including phenoxy) is 2. The van der Waals surface area contributed by atoms with Gasteiger partial charge in [-0.25, -0.2) is 0 Å². The van der Waals surface area contributed by atoms with Gasteiger partial charge in [-0.1, -0.05) is 29.8 Å². The number of benzene rings is 2. The number of aryl methyl sites for hydroxylation is 1. The van der Waals surface area contributed by atoms with E-state index >= 15 is 0 Å². The Morgan fingerprint density at radius 3 is 2.38 bits per heavy atom. The molecule has 0 fully saturated rings. The quantitative estimate of drug-likeness (QED) is 0.774. The maximum atomic E-state index is 12.6. The third kappa shape index (κ3) is 4.33. The van der Waals surface area contributed by atoms with Crippen LogP contribution in [0.4, 0.5) is 0 Å². The van der Waals surface area contributed by atoms with E-state index in [4.69, 9.17) is 9.47 Å². The number of methoxy groups -OCH3 is 2. The molecule has 0 saturated carbocycles. The predicted octanol–water partition coefficient (Wildman–Crippen LogP) is 3.83. The topological polar surface area (TPSA) is 38.8 Å². The van der Waals surface area contributed by atoms with Crippen molar-refractivity contribution in [1.29, 1.82) is 0 Å². The maximum absolute atomic E-state index is 12.6. The molecule has 3 rings (SSSR count). The Hall–Kier alpha value is -2.14. The summed E-state index contributed by atoms with van der Waals surface area (Å²) in [6, 6.07) is 12.5. The molecule has 0 bridgehead atoms. The maximum Gasteiger partial charge on any atom is 0.232 e. The summed E-state index contributed by atoms with van der Waals surface area (Å²) < 4.78 is 10.8. The molecule has 0 spiro atoms. The van der Waals surface area contributed by atoms with Gasteiger partial charge < -0.3 is 14.4 Å². The van der Waals surface area contributed by atoms with E-state index in [0.717, 1.165) is 30.0 Å². The number of carbonyl (C=O) groups excluding carboxylic acids is 1. The number of hydrogen-bond donors (Lipinski definition) is 0. The minimum atomic E-state index is 0.197. The third-order valence-corrected chi connectivity index (χ3v) is 5.67. The molecule has 2 aromatic carbocycles. The minimum absolute atomic E-state index is 0.197. The van der Waals surface area contributed by atoms with E-state index < -0.39 is 0 Å². The summed E-state index contributed by atoms with van der Waals surface area (Å²) in [5, 5.41) is 0. The monoisotopic (exact) mass is 371 g/mol. The van der Waals surface area contributed by atoms with E-state index in [1.807, 2.05) is 17.0 Å². The van der Waals surface area contributed by atoms with Gasteiger partial charge in [-0.15, -0.1) is 11.8 Å². The number of carbonyl (C=O) groups is 1. The molecule has 2 aromatic rings. The number of thioether (sulfide) groups is 1. The molecule has 0 aromatic heterocycles. The fourth-order valence-corrected chi connectivity index (χ4v) is 4.02. The average Bonchev–Trinajstić information content (AvgIpc) is 2.67. The average molecular weight is 372 g/mol. The summed E-state index contributed by atoms with van der Waals surface area (Å²) in [7, 11) is 3.28. The molecule has 5 heteroatoms. The summed E-state index contributed by atoms with van der Waals surface area (Å²) in [6.45, 7) is 3.48. The van der Waals surface area contributed by atoms with Crippen LogP contribution in [0.1, 0.15) is 22.3 Å². The van der Waals surface area contributed by atoms with E-state index in [1.165, 1.54) is 16.7 Å². The van der Waals surface area contributed by atoms with Crippen LogP contribution in [0.5, 0.6) is 11.5 Å². The standard InChI is InChI=1S/C21H25NO3S/c1-15-4-6-16(7-5-15)13-26-14-21(23)22-9-8-17-10-19(24-2)20(25-3)11-18(17)12-22/h4-7,10-11H,8-9,12-14H2,1-3H3. The summed E-state index contributed by atoms with van der Waals surface area (Å²) in [6.07, 6.45) is 0.851. The Morgan fingerprint density at radius 1 is 1.08 bits per heavy atom. The first-order valence-corrected chi connectivity index (χ1v) is 9.91. The molecule has 1 amide bonds. The van der Waals surface area contributed by atoms with Crippen LogP contribution in [0.3, 0.4) is 0 Å². The number of hydrogen-bond acceptors (Lipinski definition) is 4. The zero-order chi connectivity index (χ0) is 18.5. The minimum Gasteiger partial charge on any atom is -0.493 e. The lowest BCUT2D eigenvalue weighted by molar-refractivity contribution is -0.129. The van der Waals surface area contributed by atoms with Gasteiger partial charge in [0.1, 0.15) is 0 Å². The molecule has 0 radical (unpaired) electrons. The lowest BCUT2D eigenvalue weighted by Crippen LogP contribution is -2.37. The molecular formula is C21H25NO3S.